The van der Waals surface area contributed by atoms with Gasteiger partial charge in [-0.05, 0) is 50.1 Å². The van der Waals surface area contributed by atoms with Crippen LogP contribution in [0.1, 0.15) is 22.6 Å². The van der Waals surface area contributed by atoms with Crippen molar-refractivity contribution in [2.75, 3.05) is 7.11 Å². The van der Waals surface area contributed by atoms with Gasteiger partial charge in [-0.3, -0.25) is 0 Å². The molecule has 0 aliphatic carbocycles. The molecule has 4 heteroatoms. The number of rotatable bonds is 3. The maximum atomic E-state index is 5.63. The highest BCUT2D eigenvalue weighted by Crippen LogP contribution is 2.30. The minimum absolute atomic E-state index is 0.350. The van der Waals surface area contributed by atoms with E-state index in [0.29, 0.717) is 12.4 Å². The molecule has 0 fully saturated rings. The molecular weight excluding hydrogens is 238 g/mol. The van der Waals surface area contributed by atoms with E-state index in [-0.39, 0.29) is 0 Å². The van der Waals surface area contributed by atoms with Gasteiger partial charge in [0.2, 0.25) is 0 Å². The third-order valence-corrected chi connectivity index (χ3v) is 3.32. The first-order valence-corrected chi connectivity index (χ1v) is 6.26. The molecule has 1 aromatic heterocycles. The minimum atomic E-state index is 0.350. The summed E-state index contributed by atoms with van der Waals surface area (Å²) in [6.07, 6.45) is 0. The van der Waals surface area contributed by atoms with Gasteiger partial charge in [-0.2, -0.15) is 0 Å². The third-order valence-electron chi connectivity index (χ3n) is 3.32. The van der Waals surface area contributed by atoms with E-state index in [4.69, 9.17) is 10.5 Å². The highest BCUT2D eigenvalue weighted by atomic mass is 16.5. The molecule has 19 heavy (non-hydrogen) atoms. The van der Waals surface area contributed by atoms with E-state index in [1.54, 1.807) is 7.11 Å². The Labute approximate surface area is 113 Å². The zero-order valence-corrected chi connectivity index (χ0v) is 11.8. The fourth-order valence-electron chi connectivity index (χ4n) is 2.15. The van der Waals surface area contributed by atoms with E-state index in [1.807, 2.05) is 25.1 Å². The summed E-state index contributed by atoms with van der Waals surface area (Å²) in [5, 5.41) is 0. The van der Waals surface area contributed by atoms with Crippen molar-refractivity contribution in [3.8, 4) is 17.0 Å². The van der Waals surface area contributed by atoms with Crippen molar-refractivity contribution >= 4 is 0 Å². The van der Waals surface area contributed by atoms with Gasteiger partial charge in [0.15, 0.2) is 0 Å². The molecule has 1 heterocycles. The van der Waals surface area contributed by atoms with Crippen molar-refractivity contribution in [1.82, 2.24) is 9.97 Å². The quantitative estimate of drug-likeness (QED) is 0.918. The van der Waals surface area contributed by atoms with Crippen molar-refractivity contribution in [2.45, 2.75) is 27.3 Å². The number of aromatic nitrogens is 2. The number of aryl methyl sites for hydroxylation is 1. The molecule has 0 radical (unpaired) electrons. The molecule has 2 N–H and O–H groups in total. The Kier molecular flexibility index (Phi) is 3.81. The molecule has 0 saturated carbocycles. The molecule has 0 unspecified atom stereocenters. The van der Waals surface area contributed by atoms with Gasteiger partial charge in [-0.25, -0.2) is 9.97 Å². The van der Waals surface area contributed by atoms with E-state index in [2.05, 4.69) is 23.8 Å². The van der Waals surface area contributed by atoms with Crippen LogP contribution in [0.25, 0.3) is 11.3 Å². The zero-order valence-electron chi connectivity index (χ0n) is 11.8. The molecular formula is C15H19N3O. The van der Waals surface area contributed by atoms with E-state index in [9.17, 15) is 0 Å². The Morgan fingerprint density at radius 2 is 1.84 bits per heavy atom. The molecule has 100 valence electrons. The highest BCUT2D eigenvalue weighted by Gasteiger charge is 2.11. The number of hydrogen-bond donors (Lipinski definition) is 1. The van der Waals surface area contributed by atoms with Crippen LogP contribution in [0.15, 0.2) is 18.2 Å². The van der Waals surface area contributed by atoms with Gasteiger partial charge in [-0.1, -0.05) is 0 Å². The smallest absolute Gasteiger partial charge is 0.142 e. The van der Waals surface area contributed by atoms with Crippen LogP contribution in [-0.2, 0) is 6.54 Å². The minimum Gasteiger partial charge on any atom is -0.496 e. The second kappa shape index (κ2) is 5.36. The topological polar surface area (TPSA) is 61.0 Å². The standard InChI is InChI=1S/C15H19N3O/c1-9-7-13(18-15(8-16)17-9)12-5-6-14(19-4)11(3)10(12)2/h5-7H,8,16H2,1-4H3. The molecule has 4 nitrogen and oxygen atoms in total. The van der Waals surface area contributed by atoms with E-state index in [1.165, 1.54) is 5.56 Å². The summed E-state index contributed by atoms with van der Waals surface area (Å²) in [6, 6.07) is 5.98. The maximum absolute atomic E-state index is 5.63. The number of methoxy groups -OCH3 is 1. The van der Waals surface area contributed by atoms with Crippen molar-refractivity contribution in [3.63, 3.8) is 0 Å². The van der Waals surface area contributed by atoms with Crippen LogP contribution >= 0.6 is 0 Å². The average Bonchev–Trinajstić information content (AvgIpc) is 2.41. The lowest BCUT2D eigenvalue weighted by Crippen LogP contribution is -2.05. The number of hydrogen-bond acceptors (Lipinski definition) is 4. The predicted octanol–water partition coefficient (Wildman–Crippen LogP) is 2.54. The Bertz CT molecular complexity index is 609. The molecule has 0 aliphatic heterocycles. The van der Waals surface area contributed by atoms with Crippen LogP contribution in [0.3, 0.4) is 0 Å². The summed E-state index contributed by atoms with van der Waals surface area (Å²) < 4.78 is 5.33. The Morgan fingerprint density at radius 1 is 1.11 bits per heavy atom. The van der Waals surface area contributed by atoms with Crippen molar-refractivity contribution < 1.29 is 4.74 Å². The SMILES string of the molecule is COc1ccc(-c2cc(C)nc(CN)n2)c(C)c1C. The van der Waals surface area contributed by atoms with Gasteiger partial charge in [0.25, 0.3) is 0 Å². The molecule has 0 aliphatic rings. The lowest BCUT2D eigenvalue weighted by Gasteiger charge is -2.13. The van der Waals surface area contributed by atoms with Crippen LogP contribution in [0.2, 0.25) is 0 Å². The van der Waals surface area contributed by atoms with Crippen LogP contribution in [0, 0.1) is 20.8 Å². The summed E-state index contributed by atoms with van der Waals surface area (Å²) in [5.41, 5.74) is 10.9. The van der Waals surface area contributed by atoms with Crippen LogP contribution in [0.5, 0.6) is 5.75 Å². The predicted molar refractivity (Wildman–Crippen MR) is 76.1 cm³/mol. The third kappa shape index (κ3) is 2.58. The second-order valence-electron chi connectivity index (χ2n) is 4.58. The summed E-state index contributed by atoms with van der Waals surface area (Å²) in [5.74, 6) is 1.56. The Hall–Kier alpha value is -1.94. The van der Waals surface area contributed by atoms with E-state index >= 15 is 0 Å². The second-order valence-corrected chi connectivity index (χ2v) is 4.58. The van der Waals surface area contributed by atoms with Crippen molar-refractivity contribution in [1.29, 1.82) is 0 Å². The molecule has 1 aromatic carbocycles. The summed E-state index contributed by atoms with van der Waals surface area (Å²) in [6.45, 7) is 6.43. The highest BCUT2D eigenvalue weighted by molar-refractivity contribution is 5.67. The Balaban J connectivity index is 2.59. The number of ether oxygens (including phenoxy) is 1. The lowest BCUT2D eigenvalue weighted by molar-refractivity contribution is 0.411. The van der Waals surface area contributed by atoms with Gasteiger partial charge in [0.1, 0.15) is 11.6 Å². The first kappa shape index (κ1) is 13.5. The summed E-state index contributed by atoms with van der Waals surface area (Å²) in [4.78, 5) is 8.81. The molecule has 2 rings (SSSR count). The molecule has 0 amide bonds. The number of nitrogens with zero attached hydrogens (tertiary/aromatic N) is 2. The monoisotopic (exact) mass is 257 g/mol. The molecule has 2 aromatic rings. The van der Waals surface area contributed by atoms with E-state index < -0.39 is 0 Å². The Morgan fingerprint density at radius 3 is 2.47 bits per heavy atom. The first-order chi connectivity index (χ1) is 9.06. The number of nitrogens with two attached hydrogens (primary N) is 1. The van der Waals surface area contributed by atoms with Gasteiger partial charge in [0, 0.05) is 11.3 Å². The van der Waals surface area contributed by atoms with Crippen molar-refractivity contribution in [3.05, 3.63) is 40.8 Å². The molecule has 0 saturated heterocycles. The van der Waals surface area contributed by atoms with Gasteiger partial charge in [-0.15, -0.1) is 0 Å². The van der Waals surface area contributed by atoms with Crippen LogP contribution in [-0.4, -0.2) is 17.1 Å². The zero-order chi connectivity index (χ0) is 14.0. The maximum Gasteiger partial charge on any atom is 0.142 e. The molecule has 0 atom stereocenters. The first-order valence-electron chi connectivity index (χ1n) is 6.26. The fourth-order valence-corrected chi connectivity index (χ4v) is 2.15. The van der Waals surface area contributed by atoms with Gasteiger partial charge < -0.3 is 10.5 Å². The van der Waals surface area contributed by atoms with Crippen molar-refractivity contribution in [2.24, 2.45) is 5.73 Å². The summed E-state index contributed by atoms with van der Waals surface area (Å²) in [7, 11) is 1.68. The lowest BCUT2D eigenvalue weighted by atomic mass is 9.99. The van der Waals surface area contributed by atoms with Gasteiger partial charge in [0.05, 0.1) is 19.3 Å². The normalized spacial score (nSPS) is 10.6. The fraction of sp³-hybridized carbons (Fsp3) is 0.333. The van der Waals surface area contributed by atoms with Crippen LogP contribution in [0.4, 0.5) is 0 Å². The average molecular weight is 257 g/mol. The summed E-state index contributed by atoms with van der Waals surface area (Å²) >= 11 is 0. The molecule has 0 bridgehead atoms. The van der Waals surface area contributed by atoms with E-state index in [0.717, 1.165) is 28.3 Å². The van der Waals surface area contributed by atoms with Crippen LogP contribution < -0.4 is 10.5 Å². The van der Waals surface area contributed by atoms with Gasteiger partial charge >= 0.3 is 0 Å². The number of benzene rings is 1. The largest absolute Gasteiger partial charge is 0.496 e. The molecule has 0 spiro atoms.